The zero-order chi connectivity index (χ0) is 19.6. The summed E-state index contributed by atoms with van der Waals surface area (Å²) in [6.45, 7) is 21.3. The van der Waals surface area contributed by atoms with E-state index in [0.717, 1.165) is 6.42 Å². The summed E-state index contributed by atoms with van der Waals surface area (Å²) >= 11 is 0. The van der Waals surface area contributed by atoms with Crippen LogP contribution in [0.5, 0.6) is 0 Å². The second-order valence-corrected chi connectivity index (χ2v) is 7.89. The average molecular weight is 510 g/mol. The third kappa shape index (κ3) is 14.1. The predicted molar refractivity (Wildman–Crippen MR) is 119 cm³/mol. The molecule has 2 radical (unpaired) electrons. The van der Waals surface area contributed by atoms with Gasteiger partial charge >= 0.3 is 21.7 Å². The second kappa shape index (κ2) is 21.6. The van der Waals surface area contributed by atoms with Crippen molar-refractivity contribution in [3.8, 4) is 0 Å². The van der Waals surface area contributed by atoms with Crippen molar-refractivity contribution in [3.05, 3.63) is 64.6 Å². The van der Waals surface area contributed by atoms with E-state index in [4.69, 9.17) is 0 Å². The zero-order valence-corrected chi connectivity index (χ0v) is 24.8. The van der Waals surface area contributed by atoms with E-state index in [1.807, 2.05) is 10.2 Å². The Morgan fingerprint density at radius 3 is 1.52 bits per heavy atom. The number of benzene rings is 1. The van der Waals surface area contributed by atoms with Gasteiger partial charge in [-0.2, -0.15) is 24.1 Å². The van der Waals surface area contributed by atoms with Crippen LogP contribution in [0, 0.1) is 41.5 Å². The molecule has 0 spiro atoms. The molecule has 0 aromatic heterocycles. The monoisotopic (exact) mass is 508 g/mol. The molecule has 0 fully saturated rings. The van der Waals surface area contributed by atoms with Crippen LogP contribution in [-0.4, -0.2) is 10.2 Å². The molecule has 166 valence electrons. The van der Waals surface area contributed by atoms with E-state index in [0.29, 0.717) is 5.92 Å². The van der Waals surface area contributed by atoms with Gasteiger partial charge in [0.05, 0.1) is 0 Å². The van der Waals surface area contributed by atoms with Crippen molar-refractivity contribution in [3.63, 3.8) is 0 Å². The molecule has 0 heterocycles. The molecule has 0 aliphatic rings. The van der Waals surface area contributed by atoms with E-state index in [9.17, 15) is 0 Å². The molecule has 0 unspecified atom stereocenters. The molecular formula is C24H39Cl3SiTi-2. The van der Waals surface area contributed by atoms with Crippen LogP contribution in [0.3, 0.4) is 0 Å². The third-order valence-corrected chi connectivity index (χ3v) is 6.17. The van der Waals surface area contributed by atoms with Crippen molar-refractivity contribution in [2.24, 2.45) is 0 Å². The van der Waals surface area contributed by atoms with Gasteiger partial charge in [-0.1, -0.05) is 38.8 Å². The van der Waals surface area contributed by atoms with Crippen molar-refractivity contribution in [2.75, 3.05) is 0 Å². The van der Waals surface area contributed by atoms with Crippen LogP contribution in [0.4, 0.5) is 0 Å². The minimum absolute atomic E-state index is 0. The fraction of sp³-hybridized carbons (Fsp3) is 0.500. The molecule has 0 nitrogen and oxygen atoms in total. The molecule has 0 N–H and O–H groups in total. The van der Waals surface area contributed by atoms with E-state index in [1.54, 1.807) is 0 Å². The second-order valence-electron chi connectivity index (χ2n) is 7.18. The van der Waals surface area contributed by atoms with E-state index < -0.39 is 0 Å². The maximum absolute atomic E-state index is 3.68. The third-order valence-electron chi connectivity index (χ3n) is 5.11. The molecule has 0 bridgehead atoms. The summed E-state index contributed by atoms with van der Waals surface area (Å²) in [5, 5.41) is 1.48. The van der Waals surface area contributed by atoms with Crippen molar-refractivity contribution < 1.29 is 58.9 Å². The van der Waals surface area contributed by atoms with Gasteiger partial charge in [0.1, 0.15) is 0 Å². The first kappa shape index (κ1) is 39.8. The fourth-order valence-corrected chi connectivity index (χ4v) is 3.13. The predicted octanol–water partition coefficient (Wildman–Crippen LogP) is -2.96. The minimum atomic E-state index is 0. The van der Waals surface area contributed by atoms with Crippen molar-refractivity contribution in [1.82, 2.24) is 0 Å². The Morgan fingerprint density at radius 1 is 0.897 bits per heavy atom. The van der Waals surface area contributed by atoms with Gasteiger partial charge in [0, 0.05) is 10.2 Å². The minimum Gasteiger partial charge on any atom is -1.00 e. The molecule has 0 saturated carbocycles. The SMILES string of the molecule is CC(C)c1ccc[cH-]1.Cc1c(C)c(C)c([SiH2])c(C)c1C.[CH2-]CCCC.[Cl-].[Cl-].[Cl-].[Ti+3]. The van der Waals surface area contributed by atoms with Crippen LogP contribution in [0.15, 0.2) is 24.3 Å². The summed E-state index contributed by atoms with van der Waals surface area (Å²) < 4.78 is 0. The fourth-order valence-electron chi connectivity index (χ4n) is 2.60. The smallest absolute Gasteiger partial charge is 1.00 e. The van der Waals surface area contributed by atoms with Crippen molar-refractivity contribution in [2.45, 2.75) is 80.6 Å². The van der Waals surface area contributed by atoms with Crippen LogP contribution in [0.2, 0.25) is 0 Å². The molecule has 0 aliphatic heterocycles. The summed E-state index contributed by atoms with van der Waals surface area (Å²) in [5.41, 5.74) is 8.75. The Kier molecular flexibility index (Phi) is 29.6. The van der Waals surface area contributed by atoms with Gasteiger partial charge in [-0.05, 0) is 68.4 Å². The summed E-state index contributed by atoms with van der Waals surface area (Å²) in [6, 6.07) is 8.47. The van der Waals surface area contributed by atoms with Gasteiger partial charge in [-0.25, -0.2) is 12.1 Å². The molecule has 0 atom stereocenters. The van der Waals surface area contributed by atoms with Crippen LogP contribution < -0.4 is 42.4 Å². The molecule has 0 aliphatic carbocycles. The van der Waals surface area contributed by atoms with Gasteiger partial charge in [0.25, 0.3) is 0 Å². The zero-order valence-electron chi connectivity index (χ0n) is 19.6. The van der Waals surface area contributed by atoms with E-state index in [-0.39, 0.29) is 58.9 Å². The van der Waals surface area contributed by atoms with Gasteiger partial charge < -0.3 is 44.1 Å². The molecule has 2 aromatic rings. The number of unbranched alkanes of at least 4 members (excludes halogenated alkanes) is 2. The molecule has 0 saturated heterocycles. The average Bonchev–Trinajstić information content (AvgIpc) is 3.13. The summed E-state index contributed by atoms with van der Waals surface area (Å²) in [6.07, 6.45) is 3.65. The van der Waals surface area contributed by atoms with Gasteiger partial charge in [-0.15, -0.1) is 0 Å². The van der Waals surface area contributed by atoms with E-state index >= 15 is 0 Å². The standard InChI is InChI=1S/C11H17Si.C8H11.C5H11.3ClH.Ti/c1-6-7(2)9(4)11(12)10(5)8(6)3;1-7(2)8-5-3-4-6-8;1-3-5-4-2;;;;/h12H2,1-5H3;3-7H,1-2H3;1,3-5H2,2H3;3*1H;/q;2*-1;;;;+3/p-3. The number of rotatable bonds is 3. The molecule has 2 rings (SSSR count). The first-order valence-corrected chi connectivity index (χ1v) is 10.3. The summed E-state index contributed by atoms with van der Waals surface area (Å²) in [7, 11) is 2.00. The first-order valence-electron chi connectivity index (χ1n) is 9.58. The Balaban J connectivity index is -0.000000100. The quantitative estimate of drug-likeness (QED) is 0.306. The van der Waals surface area contributed by atoms with Crippen LogP contribution in [0.25, 0.3) is 0 Å². The Morgan fingerprint density at radius 2 is 1.31 bits per heavy atom. The number of halogens is 3. The molecule has 2 aromatic carbocycles. The molecular weight excluding hydrogens is 471 g/mol. The Hall–Kier alpha value is 0.371. The Bertz CT molecular complexity index is 517. The van der Waals surface area contributed by atoms with Crippen LogP contribution >= 0.6 is 0 Å². The molecule has 5 heteroatoms. The largest absolute Gasteiger partial charge is 3.00 e. The summed E-state index contributed by atoms with van der Waals surface area (Å²) in [4.78, 5) is 0. The maximum Gasteiger partial charge on any atom is 3.00 e. The van der Waals surface area contributed by atoms with Crippen LogP contribution in [-0.2, 0) is 21.7 Å². The summed E-state index contributed by atoms with van der Waals surface area (Å²) in [5.74, 6) is 0.685. The van der Waals surface area contributed by atoms with Gasteiger partial charge in [0.2, 0.25) is 0 Å². The van der Waals surface area contributed by atoms with Crippen molar-refractivity contribution in [1.29, 1.82) is 0 Å². The van der Waals surface area contributed by atoms with Crippen molar-refractivity contribution >= 4 is 15.4 Å². The molecule has 0 amide bonds. The van der Waals surface area contributed by atoms with E-state index in [1.165, 1.54) is 51.4 Å². The molecule has 29 heavy (non-hydrogen) atoms. The van der Waals surface area contributed by atoms with Crippen LogP contribution in [0.1, 0.15) is 79.3 Å². The Labute approximate surface area is 218 Å². The normalized spacial score (nSPS) is 8.66. The number of hydrogen-bond acceptors (Lipinski definition) is 0. The maximum atomic E-state index is 3.68. The van der Waals surface area contributed by atoms with Gasteiger partial charge in [-0.3, -0.25) is 0 Å². The van der Waals surface area contributed by atoms with Gasteiger partial charge in [0.15, 0.2) is 0 Å². The number of hydrogen-bond donors (Lipinski definition) is 0. The van der Waals surface area contributed by atoms with E-state index in [2.05, 4.69) is 86.6 Å². The first-order chi connectivity index (χ1) is 11.7. The topological polar surface area (TPSA) is 0 Å².